The Kier molecular flexibility index (Phi) is 4.80. The molecule has 0 atom stereocenters. The number of hydrogen-bond donors (Lipinski definition) is 1. The fourth-order valence-electron chi connectivity index (χ4n) is 1.97. The number of rotatable bonds is 6. The second-order valence-corrected chi connectivity index (χ2v) is 7.24. The molecule has 2 aromatic rings. The van der Waals surface area contributed by atoms with Crippen LogP contribution >= 0.6 is 0 Å². The van der Waals surface area contributed by atoms with Gasteiger partial charge in [-0.05, 0) is 18.4 Å². The summed E-state index contributed by atoms with van der Waals surface area (Å²) in [6, 6.07) is 9.83. The molecule has 21 heavy (non-hydrogen) atoms. The van der Waals surface area contributed by atoms with Crippen LogP contribution in [0.3, 0.4) is 0 Å². The molecule has 0 aliphatic heterocycles. The first-order valence-electron chi connectivity index (χ1n) is 6.96. The van der Waals surface area contributed by atoms with Crippen LogP contribution in [-0.4, -0.2) is 24.7 Å². The first kappa shape index (κ1) is 15.7. The van der Waals surface area contributed by atoms with Gasteiger partial charge in [-0.3, -0.25) is 4.68 Å². The third-order valence-corrected chi connectivity index (χ3v) is 4.59. The lowest BCUT2D eigenvalue weighted by atomic mass is 10.2. The van der Waals surface area contributed by atoms with Gasteiger partial charge in [-0.15, -0.1) is 0 Å². The summed E-state index contributed by atoms with van der Waals surface area (Å²) >= 11 is 0. The number of sulfonamides is 1. The predicted octanol–water partition coefficient (Wildman–Crippen LogP) is 2.17. The fourth-order valence-corrected chi connectivity index (χ4v) is 3.37. The Hall–Kier alpha value is -1.66. The summed E-state index contributed by atoms with van der Waals surface area (Å²) in [6.45, 7) is 6.63. The van der Waals surface area contributed by atoms with Gasteiger partial charge in [-0.2, -0.15) is 5.10 Å². The van der Waals surface area contributed by atoms with Crippen molar-refractivity contribution >= 4 is 10.0 Å². The van der Waals surface area contributed by atoms with E-state index in [1.165, 1.54) is 0 Å². The van der Waals surface area contributed by atoms with Gasteiger partial charge in [-0.1, -0.05) is 44.2 Å². The van der Waals surface area contributed by atoms with Crippen LogP contribution in [0.15, 0.2) is 41.4 Å². The van der Waals surface area contributed by atoms with Gasteiger partial charge < -0.3 is 0 Å². The van der Waals surface area contributed by atoms with Crippen LogP contribution in [0.2, 0.25) is 0 Å². The molecular weight excluding hydrogens is 286 g/mol. The van der Waals surface area contributed by atoms with Crippen LogP contribution in [0, 0.1) is 12.8 Å². The van der Waals surface area contributed by atoms with E-state index in [1.807, 2.05) is 44.2 Å². The smallest absolute Gasteiger partial charge is 0.243 e. The topological polar surface area (TPSA) is 64.0 Å². The molecule has 0 bridgehead atoms. The van der Waals surface area contributed by atoms with Crippen molar-refractivity contribution in [1.82, 2.24) is 14.5 Å². The summed E-state index contributed by atoms with van der Waals surface area (Å²) in [4.78, 5) is 0.249. The maximum absolute atomic E-state index is 12.3. The molecule has 0 unspecified atom stereocenters. The molecule has 1 N–H and O–H groups in total. The van der Waals surface area contributed by atoms with Crippen LogP contribution in [0.25, 0.3) is 0 Å². The molecule has 5 nitrogen and oxygen atoms in total. The number of aryl methyl sites for hydroxylation is 1. The Morgan fingerprint density at radius 2 is 1.90 bits per heavy atom. The molecule has 0 aliphatic rings. The lowest BCUT2D eigenvalue weighted by Crippen LogP contribution is -2.27. The van der Waals surface area contributed by atoms with Crippen LogP contribution in [0.5, 0.6) is 0 Å². The van der Waals surface area contributed by atoms with Gasteiger partial charge in [0, 0.05) is 12.7 Å². The highest BCUT2D eigenvalue weighted by Crippen LogP contribution is 2.14. The van der Waals surface area contributed by atoms with E-state index in [2.05, 4.69) is 9.82 Å². The number of benzene rings is 1. The molecular formula is C15H21N3O2S. The largest absolute Gasteiger partial charge is 0.267 e. The van der Waals surface area contributed by atoms with Crippen molar-refractivity contribution in [1.29, 1.82) is 0 Å². The number of nitrogens with one attached hydrogen (secondary N) is 1. The highest BCUT2D eigenvalue weighted by molar-refractivity contribution is 7.89. The molecule has 114 valence electrons. The van der Waals surface area contributed by atoms with E-state index < -0.39 is 10.0 Å². The molecule has 2 rings (SSSR count). The lowest BCUT2D eigenvalue weighted by molar-refractivity contribution is 0.559. The van der Waals surface area contributed by atoms with Gasteiger partial charge in [0.05, 0.1) is 12.2 Å². The van der Waals surface area contributed by atoms with E-state index in [-0.39, 0.29) is 10.8 Å². The van der Waals surface area contributed by atoms with E-state index >= 15 is 0 Å². The second-order valence-electron chi connectivity index (χ2n) is 5.51. The zero-order valence-corrected chi connectivity index (χ0v) is 13.4. The SMILES string of the molecule is Cc1nn(Cc2ccccc2)cc1S(=O)(=O)NCC(C)C. The normalized spacial score (nSPS) is 12.0. The summed E-state index contributed by atoms with van der Waals surface area (Å²) in [7, 11) is -3.49. The van der Waals surface area contributed by atoms with Crippen LogP contribution in [-0.2, 0) is 16.6 Å². The van der Waals surface area contributed by atoms with Crippen molar-refractivity contribution in [3.63, 3.8) is 0 Å². The summed E-state index contributed by atoms with van der Waals surface area (Å²) < 4.78 is 28.8. The summed E-state index contributed by atoms with van der Waals surface area (Å²) in [5, 5.41) is 4.30. The summed E-state index contributed by atoms with van der Waals surface area (Å²) in [6.07, 6.45) is 1.59. The standard InChI is InChI=1S/C15H21N3O2S/c1-12(2)9-16-21(19,20)15-11-18(17-13(15)3)10-14-7-5-4-6-8-14/h4-8,11-12,16H,9-10H2,1-3H3. The van der Waals surface area contributed by atoms with E-state index in [0.717, 1.165) is 5.56 Å². The van der Waals surface area contributed by atoms with E-state index in [0.29, 0.717) is 18.8 Å². The number of nitrogens with zero attached hydrogens (tertiary/aromatic N) is 2. The molecule has 0 saturated heterocycles. The molecule has 1 heterocycles. The van der Waals surface area contributed by atoms with Crippen LogP contribution in [0.4, 0.5) is 0 Å². The third kappa shape index (κ3) is 4.15. The van der Waals surface area contributed by atoms with Crippen LogP contribution in [0.1, 0.15) is 25.1 Å². The molecule has 0 saturated carbocycles. The minimum absolute atomic E-state index is 0.249. The third-order valence-electron chi connectivity index (χ3n) is 3.06. The van der Waals surface area contributed by atoms with Crippen molar-refractivity contribution in [2.45, 2.75) is 32.2 Å². The maximum atomic E-state index is 12.3. The molecule has 0 radical (unpaired) electrons. The van der Waals surface area contributed by atoms with Crippen molar-refractivity contribution in [2.75, 3.05) is 6.54 Å². The number of aromatic nitrogens is 2. The highest BCUT2D eigenvalue weighted by atomic mass is 32.2. The molecule has 1 aromatic carbocycles. The van der Waals surface area contributed by atoms with Gasteiger partial charge in [0.1, 0.15) is 4.90 Å². The van der Waals surface area contributed by atoms with Gasteiger partial charge in [0.15, 0.2) is 0 Å². The van der Waals surface area contributed by atoms with Crippen molar-refractivity contribution in [2.24, 2.45) is 5.92 Å². The Morgan fingerprint density at radius 3 is 2.52 bits per heavy atom. The molecule has 1 aromatic heterocycles. The summed E-state index contributed by atoms with van der Waals surface area (Å²) in [5.41, 5.74) is 1.60. The second kappa shape index (κ2) is 6.41. The Balaban J connectivity index is 2.19. The van der Waals surface area contributed by atoms with Crippen molar-refractivity contribution in [3.05, 3.63) is 47.8 Å². The zero-order chi connectivity index (χ0) is 15.5. The van der Waals surface area contributed by atoms with Gasteiger partial charge in [-0.25, -0.2) is 13.1 Å². The van der Waals surface area contributed by atoms with Crippen LogP contribution < -0.4 is 4.72 Å². The maximum Gasteiger partial charge on any atom is 0.243 e. The zero-order valence-electron chi connectivity index (χ0n) is 12.6. The van der Waals surface area contributed by atoms with Gasteiger partial charge in [0.2, 0.25) is 10.0 Å². The first-order valence-corrected chi connectivity index (χ1v) is 8.44. The van der Waals surface area contributed by atoms with E-state index in [4.69, 9.17) is 0 Å². The van der Waals surface area contributed by atoms with E-state index in [9.17, 15) is 8.42 Å². The van der Waals surface area contributed by atoms with Crippen molar-refractivity contribution in [3.8, 4) is 0 Å². The number of hydrogen-bond acceptors (Lipinski definition) is 3. The molecule has 0 spiro atoms. The minimum Gasteiger partial charge on any atom is -0.267 e. The van der Waals surface area contributed by atoms with Crippen molar-refractivity contribution < 1.29 is 8.42 Å². The summed E-state index contributed by atoms with van der Waals surface area (Å²) in [5.74, 6) is 0.263. The predicted molar refractivity (Wildman–Crippen MR) is 82.5 cm³/mol. The fraction of sp³-hybridized carbons (Fsp3) is 0.400. The average molecular weight is 307 g/mol. The Morgan fingerprint density at radius 1 is 1.24 bits per heavy atom. The quantitative estimate of drug-likeness (QED) is 0.889. The molecule has 0 amide bonds. The van der Waals surface area contributed by atoms with Gasteiger partial charge in [0.25, 0.3) is 0 Å². The first-order chi connectivity index (χ1) is 9.88. The monoisotopic (exact) mass is 307 g/mol. The highest BCUT2D eigenvalue weighted by Gasteiger charge is 2.20. The Labute approximate surface area is 126 Å². The molecule has 6 heteroatoms. The van der Waals surface area contributed by atoms with E-state index in [1.54, 1.807) is 17.8 Å². The van der Waals surface area contributed by atoms with Gasteiger partial charge >= 0.3 is 0 Å². The Bertz CT molecular complexity index is 691. The minimum atomic E-state index is -3.49. The molecule has 0 fully saturated rings. The molecule has 0 aliphatic carbocycles. The lowest BCUT2D eigenvalue weighted by Gasteiger charge is -2.07. The average Bonchev–Trinajstić information content (AvgIpc) is 2.79.